The van der Waals surface area contributed by atoms with Gasteiger partial charge in [0.25, 0.3) is 5.91 Å². The average molecular weight is 473 g/mol. The first kappa shape index (κ1) is 21.5. The van der Waals surface area contributed by atoms with Crippen LogP contribution in [0.2, 0.25) is 10.3 Å². The normalized spacial score (nSPS) is 11.4. The highest BCUT2D eigenvalue weighted by Gasteiger charge is 2.19. The van der Waals surface area contributed by atoms with Gasteiger partial charge in [0.1, 0.15) is 15.7 Å². The lowest BCUT2D eigenvalue weighted by Crippen LogP contribution is -2.25. The van der Waals surface area contributed by atoms with E-state index in [1.165, 1.54) is 35.9 Å². The Hall–Kier alpha value is -2.18. The second-order valence-electron chi connectivity index (χ2n) is 5.67. The van der Waals surface area contributed by atoms with Gasteiger partial charge in [-0.3, -0.25) is 9.78 Å². The minimum atomic E-state index is -3.92. The highest BCUT2D eigenvalue weighted by Crippen LogP contribution is 2.21. The number of halogens is 2. The molecule has 0 unspecified atom stereocenters. The van der Waals surface area contributed by atoms with E-state index >= 15 is 0 Å². The lowest BCUT2D eigenvalue weighted by Gasteiger charge is -2.08. The van der Waals surface area contributed by atoms with E-state index in [1.807, 2.05) is 6.92 Å². The predicted molar refractivity (Wildman–Crippen MR) is 108 cm³/mol. The van der Waals surface area contributed by atoms with Gasteiger partial charge in [0.05, 0.1) is 36.2 Å². The number of rotatable bonds is 7. The number of aryl methyl sites for hydroxylation is 1. The molecule has 0 saturated heterocycles. The first-order chi connectivity index (χ1) is 13.7. The van der Waals surface area contributed by atoms with Crippen molar-refractivity contribution in [2.45, 2.75) is 24.9 Å². The van der Waals surface area contributed by atoms with Crippen molar-refractivity contribution < 1.29 is 13.2 Å². The standard InChI is InChI=1S/C16H14Cl2N6O3S2/c1-9-19-6-11(28-9)7-22-16(25)12-8-20-10(4-21-12)5-23-29(26,27)13-2-3-14(17)24-15(13)18/h2-4,6,8,23H,5,7H2,1H3,(H,22,25). The van der Waals surface area contributed by atoms with E-state index in [9.17, 15) is 13.2 Å². The van der Waals surface area contributed by atoms with Crippen LogP contribution in [-0.2, 0) is 23.1 Å². The molecule has 0 bridgehead atoms. The van der Waals surface area contributed by atoms with Gasteiger partial charge in [0.2, 0.25) is 10.0 Å². The number of amides is 1. The highest BCUT2D eigenvalue weighted by atomic mass is 35.5. The van der Waals surface area contributed by atoms with Crippen LogP contribution in [0.3, 0.4) is 0 Å². The summed E-state index contributed by atoms with van der Waals surface area (Å²) >= 11 is 13.0. The number of hydrogen-bond donors (Lipinski definition) is 2. The summed E-state index contributed by atoms with van der Waals surface area (Å²) < 4.78 is 27.0. The van der Waals surface area contributed by atoms with E-state index in [4.69, 9.17) is 23.2 Å². The van der Waals surface area contributed by atoms with Gasteiger partial charge in [-0.25, -0.2) is 28.1 Å². The zero-order valence-electron chi connectivity index (χ0n) is 14.9. The maximum absolute atomic E-state index is 12.3. The van der Waals surface area contributed by atoms with Crippen molar-refractivity contribution in [1.29, 1.82) is 0 Å². The lowest BCUT2D eigenvalue weighted by molar-refractivity contribution is 0.0946. The zero-order valence-corrected chi connectivity index (χ0v) is 18.0. The van der Waals surface area contributed by atoms with E-state index in [0.717, 1.165) is 9.88 Å². The molecule has 29 heavy (non-hydrogen) atoms. The molecule has 3 heterocycles. The van der Waals surface area contributed by atoms with Crippen LogP contribution < -0.4 is 10.0 Å². The zero-order chi connectivity index (χ0) is 21.0. The summed E-state index contributed by atoms with van der Waals surface area (Å²) in [6.07, 6.45) is 4.29. The second kappa shape index (κ2) is 9.09. The quantitative estimate of drug-likeness (QED) is 0.505. The maximum Gasteiger partial charge on any atom is 0.271 e. The topological polar surface area (TPSA) is 127 Å². The molecule has 13 heteroatoms. The fourth-order valence-electron chi connectivity index (χ4n) is 2.15. The molecule has 0 aromatic carbocycles. The van der Waals surface area contributed by atoms with Crippen molar-refractivity contribution in [3.63, 3.8) is 0 Å². The molecule has 3 rings (SSSR count). The van der Waals surface area contributed by atoms with Crippen molar-refractivity contribution in [2.75, 3.05) is 0 Å². The number of aromatic nitrogens is 4. The van der Waals surface area contributed by atoms with Gasteiger partial charge in [-0.1, -0.05) is 23.2 Å². The Morgan fingerprint density at radius 3 is 2.52 bits per heavy atom. The maximum atomic E-state index is 12.3. The van der Waals surface area contributed by atoms with Crippen LogP contribution in [0.1, 0.15) is 26.1 Å². The van der Waals surface area contributed by atoms with Crippen LogP contribution in [0.5, 0.6) is 0 Å². The first-order valence-electron chi connectivity index (χ1n) is 8.07. The summed E-state index contributed by atoms with van der Waals surface area (Å²) in [4.78, 5) is 28.7. The molecular weight excluding hydrogens is 459 g/mol. The second-order valence-corrected chi connectivity index (χ2v) is 9.47. The molecule has 1 amide bonds. The van der Waals surface area contributed by atoms with Crippen LogP contribution in [-0.4, -0.2) is 34.3 Å². The number of thiazole rings is 1. The van der Waals surface area contributed by atoms with E-state index in [2.05, 4.69) is 30.0 Å². The fraction of sp³-hybridized carbons (Fsp3) is 0.188. The SMILES string of the molecule is Cc1ncc(CNC(=O)c2cnc(CNS(=O)(=O)c3ccc(Cl)nc3Cl)cn2)s1. The number of hydrogen-bond acceptors (Lipinski definition) is 8. The third-order valence-electron chi connectivity index (χ3n) is 3.54. The van der Waals surface area contributed by atoms with Crippen molar-refractivity contribution >= 4 is 50.5 Å². The molecule has 0 fully saturated rings. The Kier molecular flexibility index (Phi) is 6.75. The monoisotopic (exact) mass is 472 g/mol. The van der Waals surface area contributed by atoms with Crippen molar-refractivity contribution in [3.05, 3.63) is 62.3 Å². The van der Waals surface area contributed by atoms with Gasteiger partial charge < -0.3 is 5.32 Å². The number of sulfonamides is 1. The summed E-state index contributed by atoms with van der Waals surface area (Å²) in [6.45, 7) is 2.08. The van der Waals surface area contributed by atoms with Gasteiger partial charge >= 0.3 is 0 Å². The van der Waals surface area contributed by atoms with Crippen molar-refractivity contribution in [2.24, 2.45) is 0 Å². The van der Waals surface area contributed by atoms with Gasteiger partial charge in [-0.2, -0.15) is 0 Å². The number of carbonyl (C=O) groups is 1. The molecule has 3 aromatic rings. The van der Waals surface area contributed by atoms with E-state index in [1.54, 1.807) is 6.20 Å². The summed E-state index contributed by atoms with van der Waals surface area (Å²) in [5, 5.41) is 3.48. The molecule has 0 aliphatic heterocycles. The molecule has 2 N–H and O–H groups in total. The van der Waals surface area contributed by atoms with E-state index in [0.29, 0.717) is 12.2 Å². The Labute approximate surface area is 180 Å². The molecule has 0 aliphatic rings. The summed E-state index contributed by atoms with van der Waals surface area (Å²) in [5.74, 6) is -0.394. The molecule has 0 atom stereocenters. The van der Waals surface area contributed by atoms with Crippen molar-refractivity contribution in [3.8, 4) is 0 Å². The molecule has 0 spiro atoms. The third-order valence-corrected chi connectivity index (χ3v) is 6.50. The van der Waals surface area contributed by atoms with Gasteiger partial charge in [0.15, 0.2) is 5.15 Å². The smallest absolute Gasteiger partial charge is 0.271 e. The van der Waals surface area contributed by atoms with Gasteiger partial charge in [0, 0.05) is 11.1 Å². The van der Waals surface area contributed by atoms with Crippen molar-refractivity contribution in [1.82, 2.24) is 30.0 Å². The highest BCUT2D eigenvalue weighted by molar-refractivity contribution is 7.89. The van der Waals surface area contributed by atoms with Crippen LogP contribution in [0.4, 0.5) is 0 Å². The first-order valence-corrected chi connectivity index (χ1v) is 11.1. The minimum Gasteiger partial charge on any atom is -0.346 e. The third kappa shape index (κ3) is 5.67. The fourth-order valence-corrected chi connectivity index (χ4v) is 4.55. The van der Waals surface area contributed by atoms with Gasteiger partial charge in [-0.05, 0) is 19.1 Å². The summed E-state index contributed by atoms with van der Waals surface area (Å²) in [7, 11) is -3.92. The molecule has 152 valence electrons. The number of nitrogens with zero attached hydrogens (tertiary/aromatic N) is 4. The van der Waals surface area contributed by atoms with Crippen LogP contribution in [0.25, 0.3) is 0 Å². The predicted octanol–water partition coefficient (Wildman–Crippen LogP) is 2.35. The summed E-state index contributed by atoms with van der Waals surface area (Å²) in [5.41, 5.74) is 0.434. The molecule has 3 aromatic heterocycles. The number of pyridine rings is 1. The largest absolute Gasteiger partial charge is 0.346 e. The Balaban J connectivity index is 1.59. The van der Waals surface area contributed by atoms with Gasteiger partial charge in [-0.15, -0.1) is 11.3 Å². The Morgan fingerprint density at radius 1 is 1.10 bits per heavy atom. The molecule has 0 aliphatic carbocycles. The lowest BCUT2D eigenvalue weighted by atomic mass is 10.4. The van der Waals surface area contributed by atoms with Crippen LogP contribution in [0, 0.1) is 6.92 Å². The van der Waals surface area contributed by atoms with E-state index < -0.39 is 15.9 Å². The van der Waals surface area contributed by atoms with Crippen LogP contribution >= 0.6 is 34.5 Å². The number of carbonyl (C=O) groups excluding carboxylic acids is 1. The Morgan fingerprint density at radius 2 is 1.90 bits per heavy atom. The number of nitrogens with one attached hydrogen (secondary N) is 2. The molecule has 9 nitrogen and oxygen atoms in total. The van der Waals surface area contributed by atoms with Crippen LogP contribution in [0.15, 0.2) is 35.6 Å². The average Bonchev–Trinajstić information content (AvgIpc) is 3.10. The minimum absolute atomic E-state index is 0.0826. The molecular formula is C16H14Cl2N6O3S2. The Bertz CT molecular complexity index is 1140. The summed E-state index contributed by atoms with van der Waals surface area (Å²) in [6, 6.07) is 2.58. The molecule has 0 saturated carbocycles. The molecule has 0 radical (unpaired) electrons. The van der Waals surface area contributed by atoms with E-state index in [-0.39, 0.29) is 27.4 Å².